The standard InChI is InChI=1S/C19H14FN3/c20-16-5-3-11(4-6-16)18-22-17-9-15(10-21-19(17)23-18)13-2-1-12-7-14(12)8-13/h1-6,8-10,12,14H,7H2,(H,21,22,23). The molecule has 1 saturated carbocycles. The maximum Gasteiger partial charge on any atom is 0.178 e. The molecule has 1 aromatic carbocycles. The first-order valence-corrected chi connectivity index (χ1v) is 7.78. The Labute approximate surface area is 132 Å². The molecule has 0 bridgehead atoms. The van der Waals surface area contributed by atoms with Gasteiger partial charge in [-0.2, -0.15) is 0 Å². The Balaban J connectivity index is 1.56. The van der Waals surface area contributed by atoms with Gasteiger partial charge in [0.2, 0.25) is 0 Å². The van der Waals surface area contributed by atoms with E-state index in [9.17, 15) is 4.39 Å². The predicted molar refractivity (Wildman–Crippen MR) is 88.0 cm³/mol. The highest BCUT2D eigenvalue weighted by molar-refractivity contribution is 5.83. The van der Waals surface area contributed by atoms with Crippen molar-refractivity contribution in [2.75, 3.05) is 0 Å². The number of hydrogen-bond donors (Lipinski definition) is 1. The van der Waals surface area contributed by atoms with Crippen molar-refractivity contribution in [1.82, 2.24) is 15.0 Å². The van der Waals surface area contributed by atoms with Crippen molar-refractivity contribution in [2.24, 2.45) is 11.8 Å². The zero-order valence-electron chi connectivity index (χ0n) is 12.3. The summed E-state index contributed by atoms with van der Waals surface area (Å²) >= 11 is 0. The topological polar surface area (TPSA) is 41.6 Å². The molecule has 23 heavy (non-hydrogen) atoms. The van der Waals surface area contributed by atoms with Crippen LogP contribution in [0.3, 0.4) is 0 Å². The second-order valence-electron chi connectivity index (χ2n) is 6.23. The largest absolute Gasteiger partial charge is 0.337 e. The number of nitrogens with zero attached hydrogens (tertiary/aromatic N) is 2. The molecule has 2 aromatic heterocycles. The lowest BCUT2D eigenvalue weighted by atomic mass is 10.0. The molecule has 0 amide bonds. The van der Waals surface area contributed by atoms with E-state index in [0.29, 0.717) is 17.4 Å². The van der Waals surface area contributed by atoms with Crippen LogP contribution in [0.4, 0.5) is 4.39 Å². The summed E-state index contributed by atoms with van der Waals surface area (Å²) in [5.74, 6) is 1.93. The second-order valence-corrected chi connectivity index (χ2v) is 6.23. The number of rotatable bonds is 2. The zero-order valence-corrected chi connectivity index (χ0v) is 12.3. The van der Waals surface area contributed by atoms with E-state index >= 15 is 0 Å². The molecule has 3 aromatic rings. The minimum atomic E-state index is -0.250. The number of nitrogens with one attached hydrogen (secondary N) is 1. The molecule has 2 heterocycles. The van der Waals surface area contributed by atoms with Gasteiger partial charge in [0.15, 0.2) is 5.65 Å². The summed E-state index contributed by atoms with van der Waals surface area (Å²) in [4.78, 5) is 12.2. The molecule has 0 saturated heterocycles. The number of imidazole rings is 1. The lowest BCUT2D eigenvalue weighted by molar-refractivity contribution is 0.628. The Morgan fingerprint density at radius 3 is 2.78 bits per heavy atom. The van der Waals surface area contributed by atoms with Crippen molar-refractivity contribution >= 4 is 16.7 Å². The van der Waals surface area contributed by atoms with Gasteiger partial charge in [-0.1, -0.05) is 18.2 Å². The summed E-state index contributed by atoms with van der Waals surface area (Å²) in [6.07, 6.45) is 9.96. The maximum absolute atomic E-state index is 13.0. The lowest BCUT2D eigenvalue weighted by Crippen LogP contribution is -1.89. The number of allylic oxidation sites excluding steroid dienone is 4. The van der Waals surface area contributed by atoms with E-state index in [4.69, 9.17) is 0 Å². The van der Waals surface area contributed by atoms with Gasteiger partial charge in [0.25, 0.3) is 0 Å². The number of pyridine rings is 1. The van der Waals surface area contributed by atoms with Crippen LogP contribution in [-0.2, 0) is 0 Å². The number of hydrogen-bond acceptors (Lipinski definition) is 2. The molecular formula is C19H14FN3. The van der Waals surface area contributed by atoms with Gasteiger partial charge in [0, 0.05) is 17.3 Å². The highest BCUT2D eigenvalue weighted by atomic mass is 19.1. The third kappa shape index (κ3) is 2.18. The molecule has 1 N–H and O–H groups in total. The SMILES string of the molecule is Fc1ccc(-c2nc3ncc(C4=CC5CC5C=C4)cc3[nH]2)cc1. The number of aromatic nitrogens is 3. The van der Waals surface area contributed by atoms with E-state index < -0.39 is 0 Å². The molecule has 0 radical (unpaired) electrons. The number of halogens is 1. The van der Waals surface area contributed by atoms with Crippen molar-refractivity contribution in [3.05, 3.63) is 66.1 Å². The fourth-order valence-corrected chi connectivity index (χ4v) is 3.16. The average Bonchev–Trinajstić information content (AvgIpc) is 3.23. The highest BCUT2D eigenvalue weighted by Crippen LogP contribution is 2.45. The van der Waals surface area contributed by atoms with E-state index in [1.165, 1.54) is 24.1 Å². The Morgan fingerprint density at radius 2 is 1.96 bits per heavy atom. The predicted octanol–water partition coefficient (Wildman–Crippen LogP) is 4.35. The fraction of sp³-hybridized carbons (Fsp3) is 0.158. The molecule has 2 aliphatic rings. The monoisotopic (exact) mass is 303 g/mol. The smallest absolute Gasteiger partial charge is 0.178 e. The minimum absolute atomic E-state index is 0.250. The van der Waals surface area contributed by atoms with Crippen LogP contribution in [0, 0.1) is 17.7 Å². The molecule has 4 heteroatoms. The van der Waals surface area contributed by atoms with Gasteiger partial charge in [0.1, 0.15) is 11.6 Å². The third-order valence-corrected chi connectivity index (χ3v) is 4.60. The van der Waals surface area contributed by atoms with Crippen LogP contribution in [0.2, 0.25) is 0 Å². The van der Waals surface area contributed by atoms with E-state index in [1.54, 1.807) is 12.1 Å². The molecule has 5 rings (SSSR count). The van der Waals surface area contributed by atoms with Gasteiger partial charge >= 0.3 is 0 Å². The highest BCUT2D eigenvalue weighted by Gasteiger charge is 2.35. The third-order valence-electron chi connectivity index (χ3n) is 4.60. The molecule has 3 nitrogen and oxygen atoms in total. The van der Waals surface area contributed by atoms with E-state index in [-0.39, 0.29) is 5.82 Å². The van der Waals surface area contributed by atoms with Gasteiger partial charge in [-0.05, 0) is 54.2 Å². The molecule has 112 valence electrons. The van der Waals surface area contributed by atoms with Gasteiger partial charge in [-0.3, -0.25) is 0 Å². The summed E-state index contributed by atoms with van der Waals surface area (Å²) in [6.45, 7) is 0. The normalized spacial score (nSPS) is 22.0. The number of benzene rings is 1. The average molecular weight is 303 g/mol. The Bertz CT molecular complexity index is 966. The first kappa shape index (κ1) is 12.8. The van der Waals surface area contributed by atoms with Crippen LogP contribution in [0.15, 0.2) is 54.8 Å². The summed E-state index contributed by atoms with van der Waals surface area (Å²) in [5, 5.41) is 0. The van der Waals surface area contributed by atoms with E-state index in [1.807, 2.05) is 6.20 Å². The summed E-state index contributed by atoms with van der Waals surface area (Å²) in [5.41, 5.74) is 4.76. The van der Waals surface area contributed by atoms with Crippen LogP contribution in [0.25, 0.3) is 28.1 Å². The van der Waals surface area contributed by atoms with Gasteiger partial charge in [-0.25, -0.2) is 14.4 Å². The number of fused-ring (bicyclic) bond motifs is 2. The Hall–Kier alpha value is -2.75. The van der Waals surface area contributed by atoms with Crippen LogP contribution in [-0.4, -0.2) is 15.0 Å². The molecule has 2 aliphatic carbocycles. The van der Waals surface area contributed by atoms with Gasteiger partial charge < -0.3 is 4.98 Å². The van der Waals surface area contributed by atoms with E-state index in [0.717, 1.165) is 22.6 Å². The van der Waals surface area contributed by atoms with Crippen molar-refractivity contribution in [3.8, 4) is 11.4 Å². The number of aromatic amines is 1. The summed E-state index contributed by atoms with van der Waals surface area (Å²) in [6, 6.07) is 8.39. The van der Waals surface area contributed by atoms with Crippen LogP contribution in [0.1, 0.15) is 12.0 Å². The fourth-order valence-electron chi connectivity index (χ4n) is 3.16. The summed E-state index contributed by atoms with van der Waals surface area (Å²) in [7, 11) is 0. The van der Waals surface area contributed by atoms with Crippen LogP contribution >= 0.6 is 0 Å². The zero-order chi connectivity index (χ0) is 15.4. The van der Waals surface area contributed by atoms with Crippen molar-refractivity contribution in [2.45, 2.75) is 6.42 Å². The maximum atomic E-state index is 13.0. The molecule has 2 atom stereocenters. The molecule has 0 aliphatic heterocycles. The first-order valence-electron chi connectivity index (χ1n) is 7.78. The Kier molecular flexibility index (Phi) is 2.56. The van der Waals surface area contributed by atoms with Gasteiger partial charge in [-0.15, -0.1) is 0 Å². The van der Waals surface area contributed by atoms with Crippen molar-refractivity contribution < 1.29 is 4.39 Å². The minimum Gasteiger partial charge on any atom is -0.337 e. The molecule has 1 fully saturated rings. The second kappa shape index (κ2) is 4.62. The number of H-pyrrole nitrogens is 1. The molecule has 0 spiro atoms. The Morgan fingerprint density at radius 1 is 1.09 bits per heavy atom. The summed E-state index contributed by atoms with van der Waals surface area (Å²) < 4.78 is 13.0. The van der Waals surface area contributed by atoms with Crippen LogP contribution < -0.4 is 0 Å². The van der Waals surface area contributed by atoms with E-state index in [2.05, 4.69) is 39.2 Å². The van der Waals surface area contributed by atoms with Crippen molar-refractivity contribution in [3.63, 3.8) is 0 Å². The molecular weight excluding hydrogens is 289 g/mol. The molecule has 2 unspecified atom stereocenters. The first-order chi connectivity index (χ1) is 11.3. The van der Waals surface area contributed by atoms with Crippen LogP contribution in [0.5, 0.6) is 0 Å². The lowest BCUT2D eigenvalue weighted by Gasteiger charge is -2.05. The van der Waals surface area contributed by atoms with Crippen molar-refractivity contribution in [1.29, 1.82) is 0 Å². The quantitative estimate of drug-likeness (QED) is 0.764. The van der Waals surface area contributed by atoms with Gasteiger partial charge in [0.05, 0.1) is 5.52 Å².